The average Bonchev–Trinajstić information content (AvgIpc) is 2.43. The Balaban J connectivity index is 2.34. The third kappa shape index (κ3) is 1.91. The summed E-state index contributed by atoms with van der Waals surface area (Å²) in [5.41, 5.74) is 7.28. The lowest BCUT2D eigenvalue weighted by atomic mass is 10.1. The number of nitrogens with two attached hydrogens (primary N) is 1. The highest BCUT2D eigenvalue weighted by atomic mass is 19.1. The van der Waals surface area contributed by atoms with E-state index in [-0.39, 0.29) is 16.6 Å². The molecule has 1 heterocycles. The Kier molecular flexibility index (Phi) is 2.63. The van der Waals surface area contributed by atoms with E-state index in [1.807, 2.05) is 30.3 Å². The molecular formula is C15H10F2N2. The minimum atomic E-state index is -0.583. The van der Waals surface area contributed by atoms with Crippen molar-refractivity contribution in [2.75, 3.05) is 5.73 Å². The molecule has 1 aromatic heterocycles. The van der Waals surface area contributed by atoms with E-state index in [1.165, 1.54) is 0 Å². The van der Waals surface area contributed by atoms with Crippen LogP contribution in [0.2, 0.25) is 0 Å². The van der Waals surface area contributed by atoms with E-state index in [2.05, 4.69) is 4.98 Å². The minimum Gasteiger partial charge on any atom is -0.398 e. The van der Waals surface area contributed by atoms with Crippen LogP contribution in [0.5, 0.6) is 0 Å². The highest BCUT2D eigenvalue weighted by Crippen LogP contribution is 2.29. The summed E-state index contributed by atoms with van der Waals surface area (Å²) in [6, 6.07) is 12.9. The average molecular weight is 256 g/mol. The SMILES string of the molecule is Nc1cc(-c2ccccc2)nc2c(F)ccc(F)c12. The summed E-state index contributed by atoms with van der Waals surface area (Å²) in [6.45, 7) is 0. The molecule has 0 bridgehead atoms. The summed E-state index contributed by atoms with van der Waals surface area (Å²) in [6.07, 6.45) is 0. The van der Waals surface area contributed by atoms with E-state index in [9.17, 15) is 8.78 Å². The Hall–Kier alpha value is -2.49. The highest BCUT2D eigenvalue weighted by molar-refractivity contribution is 5.93. The summed E-state index contributed by atoms with van der Waals surface area (Å²) in [4.78, 5) is 4.17. The number of anilines is 1. The third-order valence-electron chi connectivity index (χ3n) is 2.96. The van der Waals surface area contributed by atoms with Crippen LogP contribution in [-0.2, 0) is 0 Å². The first-order valence-corrected chi connectivity index (χ1v) is 5.76. The number of pyridine rings is 1. The fourth-order valence-corrected chi connectivity index (χ4v) is 2.05. The quantitative estimate of drug-likeness (QED) is 0.720. The molecule has 0 radical (unpaired) electrons. The fourth-order valence-electron chi connectivity index (χ4n) is 2.05. The standard InChI is InChI=1S/C15H10F2N2/c16-10-6-7-11(17)15-14(10)12(18)8-13(19-15)9-4-2-1-3-5-9/h1-8H,(H2,18,19). The van der Waals surface area contributed by atoms with Crippen molar-refractivity contribution in [3.05, 3.63) is 60.2 Å². The van der Waals surface area contributed by atoms with E-state index in [0.717, 1.165) is 17.7 Å². The number of fused-ring (bicyclic) bond motifs is 1. The lowest BCUT2D eigenvalue weighted by Gasteiger charge is -2.08. The molecular weight excluding hydrogens is 246 g/mol. The summed E-state index contributed by atoms with van der Waals surface area (Å²) < 4.78 is 27.4. The summed E-state index contributed by atoms with van der Waals surface area (Å²) in [5.74, 6) is -1.15. The summed E-state index contributed by atoms with van der Waals surface area (Å²) in [5, 5.41) is 0.0275. The first kappa shape index (κ1) is 11.6. The maximum atomic E-state index is 13.8. The van der Waals surface area contributed by atoms with Crippen LogP contribution in [0.15, 0.2) is 48.5 Å². The zero-order valence-corrected chi connectivity index (χ0v) is 9.90. The number of halogens is 2. The first-order chi connectivity index (χ1) is 9.16. The Labute approximate surface area is 108 Å². The van der Waals surface area contributed by atoms with E-state index < -0.39 is 11.6 Å². The van der Waals surface area contributed by atoms with Gasteiger partial charge in [-0.3, -0.25) is 0 Å². The predicted molar refractivity (Wildman–Crippen MR) is 71.5 cm³/mol. The van der Waals surface area contributed by atoms with Gasteiger partial charge in [0.1, 0.15) is 17.2 Å². The highest BCUT2D eigenvalue weighted by Gasteiger charge is 2.12. The molecule has 0 amide bonds. The van der Waals surface area contributed by atoms with E-state index in [1.54, 1.807) is 6.07 Å². The number of hydrogen-bond acceptors (Lipinski definition) is 2. The second-order valence-corrected chi connectivity index (χ2v) is 4.22. The molecule has 3 aromatic rings. The first-order valence-electron chi connectivity index (χ1n) is 5.76. The topological polar surface area (TPSA) is 38.9 Å². The largest absolute Gasteiger partial charge is 0.398 e. The van der Waals surface area contributed by atoms with E-state index in [0.29, 0.717) is 5.69 Å². The van der Waals surface area contributed by atoms with Crippen molar-refractivity contribution in [3.8, 4) is 11.3 Å². The van der Waals surface area contributed by atoms with Gasteiger partial charge in [0, 0.05) is 11.3 Å². The van der Waals surface area contributed by atoms with Gasteiger partial charge in [0.2, 0.25) is 0 Å². The molecule has 0 unspecified atom stereocenters. The molecule has 2 nitrogen and oxygen atoms in total. The van der Waals surface area contributed by atoms with Crippen LogP contribution in [0.25, 0.3) is 22.2 Å². The summed E-state index contributed by atoms with van der Waals surface area (Å²) in [7, 11) is 0. The van der Waals surface area contributed by atoms with Crippen molar-refractivity contribution in [3.63, 3.8) is 0 Å². The third-order valence-corrected chi connectivity index (χ3v) is 2.96. The monoisotopic (exact) mass is 256 g/mol. The van der Waals surface area contributed by atoms with Gasteiger partial charge in [0.05, 0.1) is 11.1 Å². The maximum Gasteiger partial charge on any atom is 0.149 e. The Morgan fingerprint density at radius 2 is 1.58 bits per heavy atom. The molecule has 3 rings (SSSR count). The summed E-state index contributed by atoms with van der Waals surface area (Å²) >= 11 is 0. The van der Waals surface area contributed by atoms with Gasteiger partial charge < -0.3 is 5.73 Å². The van der Waals surface area contributed by atoms with Gasteiger partial charge in [-0.25, -0.2) is 13.8 Å². The smallest absolute Gasteiger partial charge is 0.149 e. The predicted octanol–water partition coefficient (Wildman–Crippen LogP) is 3.76. The van der Waals surface area contributed by atoms with Crippen LogP contribution < -0.4 is 5.73 Å². The molecule has 0 aliphatic heterocycles. The maximum absolute atomic E-state index is 13.8. The van der Waals surface area contributed by atoms with Crippen LogP contribution >= 0.6 is 0 Å². The number of benzene rings is 2. The van der Waals surface area contributed by atoms with Gasteiger partial charge in [0.15, 0.2) is 0 Å². The van der Waals surface area contributed by atoms with E-state index in [4.69, 9.17) is 5.73 Å². The molecule has 0 saturated carbocycles. The number of aromatic nitrogens is 1. The van der Waals surface area contributed by atoms with Crippen molar-refractivity contribution < 1.29 is 8.78 Å². The van der Waals surface area contributed by atoms with Crippen molar-refractivity contribution in [1.82, 2.24) is 4.98 Å². The molecule has 0 aliphatic carbocycles. The zero-order chi connectivity index (χ0) is 13.4. The van der Waals surface area contributed by atoms with Gasteiger partial charge in [0.25, 0.3) is 0 Å². The van der Waals surface area contributed by atoms with Crippen molar-refractivity contribution >= 4 is 16.6 Å². The van der Waals surface area contributed by atoms with Gasteiger partial charge in [-0.15, -0.1) is 0 Å². The molecule has 0 aliphatic rings. The van der Waals surface area contributed by atoms with E-state index >= 15 is 0 Å². The normalized spacial score (nSPS) is 10.8. The number of nitrogens with zero attached hydrogens (tertiary/aromatic N) is 1. The fraction of sp³-hybridized carbons (Fsp3) is 0. The molecule has 2 aromatic carbocycles. The molecule has 4 heteroatoms. The molecule has 19 heavy (non-hydrogen) atoms. The van der Waals surface area contributed by atoms with Crippen LogP contribution in [-0.4, -0.2) is 4.98 Å². The Bertz CT molecular complexity index is 755. The molecule has 0 atom stereocenters. The van der Waals surface area contributed by atoms with Crippen LogP contribution in [0, 0.1) is 11.6 Å². The zero-order valence-electron chi connectivity index (χ0n) is 9.90. The number of hydrogen-bond donors (Lipinski definition) is 1. The second kappa shape index (κ2) is 4.31. The van der Waals surface area contributed by atoms with Gasteiger partial charge in [-0.2, -0.15) is 0 Å². The molecule has 0 saturated heterocycles. The lowest BCUT2D eigenvalue weighted by Crippen LogP contribution is -1.97. The van der Waals surface area contributed by atoms with Gasteiger partial charge in [-0.1, -0.05) is 30.3 Å². The Morgan fingerprint density at radius 1 is 0.895 bits per heavy atom. The number of rotatable bonds is 1. The second-order valence-electron chi connectivity index (χ2n) is 4.22. The molecule has 0 fully saturated rings. The van der Waals surface area contributed by atoms with Crippen LogP contribution in [0.1, 0.15) is 0 Å². The van der Waals surface area contributed by atoms with Crippen molar-refractivity contribution in [2.45, 2.75) is 0 Å². The molecule has 2 N–H and O–H groups in total. The number of nitrogen functional groups attached to an aromatic ring is 1. The lowest BCUT2D eigenvalue weighted by molar-refractivity contribution is 0.615. The van der Waals surface area contributed by atoms with Gasteiger partial charge in [-0.05, 0) is 18.2 Å². The van der Waals surface area contributed by atoms with Crippen LogP contribution in [0.4, 0.5) is 14.5 Å². The van der Waals surface area contributed by atoms with Crippen molar-refractivity contribution in [2.24, 2.45) is 0 Å². The van der Waals surface area contributed by atoms with Gasteiger partial charge >= 0.3 is 0 Å². The minimum absolute atomic E-state index is 0.0275. The molecule has 94 valence electrons. The Morgan fingerprint density at radius 3 is 2.32 bits per heavy atom. The van der Waals surface area contributed by atoms with Crippen LogP contribution in [0.3, 0.4) is 0 Å². The molecule has 0 spiro atoms. The van der Waals surface area contributed by atoms with Crippen molar-refractivity contribution in [1.29, 1.82) is 0 Å².